The first-order chi connectivity index (χ1) is 18.5. The third-order valence-corrected chi connectivity index (χ3v) is 5.94. The van der Waals surface area contributed by atoms with Gasteiger partial charge in [-0.3, -0.25) is 9.59 Å². The SMILES string of the molecule is CC(C)Oc1cccc(/C(=C\C=C\C(=O)Nc2cccc3c2CC(O)C(=O)N3)c2ccc(C(F)(F)F)cc2)c1. The molecular weight excluding hydrogens is 509 g/mol. The van der Waals surface area contributed by atoms with Gasteiger partial charge in [0.05, 0.1) is 11.7 Å². The molecule has 0 saturated carbocycles. The highest BCUT2D eigenvalue weighted by Crippen LogP contribution is 2.33. The molecule has 0 aliphatic carbocycles. The minimum Gasteiger partial charge on any atom is -0.491 e. The summed E-state index contributed by atoms with van der Waals surface area (Å²) in [6.45, 7) is 3.78. The zero-order valence-corrected chi connectivity index (χ0v) is 21.3. The fourth-order valence-electron chi connectivity index (χ4n) is 4.16. The first kappa shape index (κ1) is 27.7. The summed E-state index contributed by atoms with van der Waals surface area (Å²) in [7, 11) is 0. The fourth-order valence-corrected chi connectivity index (χ4v) is 4.16. The third kappa shape index (κ3) is 6.94. The van der Waals surface area contributed by atoms with Crippen molar-refractivity contribution in [2.75, 3.05) is 10.6 Å². The second-order valence-electron chi connectivity index (χ2n) is 9.24. The predicted octanol–water partition coefficient (Wildman–Crippen LogP) is 5.97. The van der Waals surface area contributed by atoms with Crippen molar-refractivity contribution in [1.82, 2.24) is 0 Å². The second kappa shape index (κ2) is 11.6. The van der Waals surface area contributed by atoms with Gasteiger partial charge >= 0.3 is 6.18 Å². The smallest absolute Gasteiger partial charge is 0.416 e. The van der Waals surface area contributed by atoms with Gasteiger partial charge in [0.15, 0.2) is 0 Å². The van der Waals surface area contributed by atoms with E-state index >= 15 is 0 Å². The van der Waals surface area contributed by atoms with E-state index in [4.69, 9.17) is 4.74 Å². The number of fused-ring (bicyclic) bond motifs is 1. The molecule has 0 bridgehead atoms. The standard InChI is InChI=1S/C30H27F3N2O4/c1-18(2)39-22-7-3-6-20(16-22)23(19-12-14-21(15-13-19)30(31,32)33)8-4-11-28(37)34-25-9-5-10-26-24(25)17-27(36)29(38)35-26/h3-16,18,27,36H,17H2,1-2H3,(H,34,37)(H,35,38)/b11-4+,23-8-. The molecule has 0 aromatic heterocycles. The number of aliphatic hydroxyl groups excluding tert-OH is 1. The Bertz CT molecular complexity index is 1430. The van der Waals surface area contributed by atoms with Crippen LogP contribution in [0, 0.1) is 0 Å². The van der Waals surface area contributed by atoms with E-state index < -0.39 is 29.7 Å². The number of anilines is 2. The number of aliphatic hydroxyl groups is 1. The van der Waals surface area contributed by atoms with Crippen LogP contribution >= 0.6 is 0 Å². The Labute approximate surface area is 223 Å². The van der Waals surface area contributed by atoms with Crippen molar-refractivity contribution >= 4 is 28.8 Å². The van der Waals surface area contributed by atoms with Gasteiger partial charge in [-0.05, 0) is 66.9 Å². The van der Waals surface area contributed by atoms with Crippen LogP contribution in [-0.2, 0) is 22.2 Å². The number of hydrogen-bond donors (Lipinski definition) is 3. The monoisotopic (exact) mass is 536 g/mol. The van der Waals surface area contributed by atoms with Crippen LogP contribution in [0.4, 0.5) is 24.5 Å². The summed E-state index contributed by atoms with van der Waals surface area (Å²) in [6, 6.07) is 17.0. The van der Waals surface area contributed by atoms with Crippen LogP contribution in [0.3, 0.4) is 0 Å². The molecule has 0 saturated heterocycles. The van der Waals surface area contributed by atoms with E-state index in [9.17, 15) is 27.9 Å². The Hall–Kier alpha value is -4.37. The maximum atomic E-state index is 13.1. The van der Waals surface area contributed by atoms with Crippen LogP contribution in [0.5, 0.6) is 5.75 Å². The quantitative estimate of drug-likeness (QED) is 0.256. The summed E-state index contributed by atoms with van der Waals surface area (Å²) in [5.74, 6) is -0.366. The number of alkyl halides is 3. The van der Waals surface area contributed by atoms with Crippen LogP contribution in [0.25, 0.3) is 5.57 Å². The first-order valence-corrected chi connectivity index (χ1v) is 12.3. The Morgan fingerprint density at radius 2 is 1.79 bits per heavy atom. The normalized spacial score (nSPS) is 15.7. The van der Waals surface area contributed by atoms with Crippen molar-refractivity contribution in [2.45, 2.75) is 38.7 Å². The number of hydrogen-bond acceptors (Lipinski definition) is 4. The molecule has 1 atom stereocenters. The lowest BCUT2D eigenvalue weighted by Gasteiger charge is -2.23. The number of carbonyl (C=O) groups excluding carboxylic acids is 2. The molecule has 1 unspecified atom stereocenters. The largest absolute Gasteiger partial charge is 0.491 e. The third-order valence-electron chi connectivity index (χ3n) is 5.94. The molecule has 1 aliphatic heterocycles. The molecule has 3 N–H and O–H groups in total. The van der Waals surface area contributed by atoms with Gasteiger partial charge in [-0.15, -0.1) is 0 Å². The molecule has 1 heterocycles. The highest BCUT2D eigenvalue weighted by atomic mass is 19.4. The molecule has 0 radical (unpaired) electrons. The van der Waals surface area contributed by atoms with Crippen molar-refractivity contribution < 1.29 is 32.6 Å². The van der Waals surface area contributed by atoms with Crippen molar-refractivity contribution in [1.29, 1.82) is 0 Å². The molecule has 202 valence electrons. The van der Waals surface area contributed by atoms with E-state index in [0.29, 0.717) is 39.4 Å². The van der Waals surface area contributed by atoms with Crippen LogP contribution < -0.4 is 15.4 Å². The highest BCUT2D eigenvalue weighted by molar-refractivity contribution is 6.03. The molecule has 0 fully saturated rings. The lowest BCUT2D eigenvalue weighted by molar-refractivity contribution is -0.137. The van der Waals surface area contributed by atoms with Crippen LogP contribution in [-0.4, -0.2) is 29.1 Å². The van der Waals surface area contributed by atoms with Crippen molar-refractivity contribution in [3.05, 3.63) is 107 Å². The van der Waals surface area contributed by atoms with Gasteiger partial charge in [0.25, 0.3) is 5.91 Å². The Morgan fingerprint density at radius 1 is 1.08 bits per heavy atom. The van der Waals surface area contributed by atoms with Crippen molar-refractivity contribution in [3.63, 3.8) is 0 Å². The zero-order chi connectivity index (χ0) is 28.2. The molecule has 4 rings (SSSR count). The van der Waals surface area contributed by atoms with Crippen molar-refractivity contribution in [2.24, 2.45) is 0 Å². The summed E-state index contributed by atoms with van der Waals surface area (Å²) in [5, 5.41) is 15.3. The van der Waals surface area contributed by atoms with Gasteiger partial charge in [0.1, 0.15) is 11.9 Å². The summed E-state index contributed by atoms with van der Waals surface area (Å²) in [5.41, 5.74) is 2.62. The average Bonchev–Trinajstić information content (AvgIpc) is 2.87. The lowest BCUT2D eigenvalue weighted by atomic mass is 9.96. The number of halogens is 3. The van der Waals surface area contributed by atoms with Crippen LogP contribution in [0.15, 0.2) is 85.0 Å². The Balaban J connectivity index is 1.61. The fraction of sp³-hybridized carbons (Fsp3) is 0.200. The van der Waals surface area contributed by atoms with Gasteiger partial charge in [-0.2, -0.15) is 13.2 Å². The van der Waals surface area contributed by atoms with Gasteiger partial charge in [-0.25, -0.2) is 0 Å². The topological polar surface area (TPSA) is 87.7 Å². The number of ether oxygens (including phenoxy) is 1. The van der Waals surface area contributed by atoms with Crippen LogP contribution in [0.1, 0.15) is 36.1 Å². The van der Waals surface area contributed by atoms with E-state index in [0.717, 1.165) is 12.1 Å². The second-order valence-corrected chi connectivity index (χ2v) is 9.24. The van der Waals surface area contributed by atoms with E-state index in [1.54, 1.807) is 48.5 Å². The molecule has 0 spiro atoms. The van der Waals surface area contributed by atoms with Gasteiger partial charge in [0.2, 0.25) is 5.91 Å². The predicted molar refractivity (Wildman–Crippen MR) is 143 cm³/mol. The van der Waals surface area contributed by atoms with E-state index in [2.05, 4.69) is 10.6 Å². The maximum absolute atomic E-state index is 13.1. The molecule has 3 aromatic carbocycles. The lowest BCUT2D eigenvalue weighted by Crippen LogP contribution is -2.34. The average molecular weight is 537 g/mol. The number of rotatable bonds is 7. The zero-order valence-electron chi connectivity index (χ0n) is 21.3. The minimum atomic E-state index is -4.46. The summed E-state index contributed by atoms with van der Waals surface area (Å²) in [6.07, 6.45) is -1.24. The minimum absolute atomic E-state index is 0.0636. The maximum Gasteiger partial charge on any atom is 0.416 e. The first-order valence-electron chi connectivity index (χ1n) is 12.3. The summed E-state index contributed by atoms with van der Waals surface area (Å²) >= 11 is 0. The Morgan fingerprint density at radius 3 is 2.49 bits per heavy atom. The number of nitrogens with one attached hydrogen (secondary N) is 2. The molecule has 1 aliphatic rings. The summed E-state index contributed by atoms with van der Waals surface area (Å²) < 4.78 is 45.1. The van der Waals surface area contributed by atoms with E-state index in [1.807, 2.05) is 13.8 Å². The molecule has 2 amide bonds. The molecule has 9 heteroatoms. The number of allylic oxidation sites excluding steroid dienone is 2. The summed E-state index contributed by atoms with van der Waals surface area (Å²) in [4.78, 5) is 24.4. The molecule has 6 nitrogen and oxygen atoms in total. The highest BCUT2D eigenvalue weighted by Gasteiger charge is 2.30. The van der Waals surface area contributed by atoms with Gasteiger partial charge < -0.3 is 20.5 Å². The molecule has 3 aromatic rings. The Kier molecular flexibility index (Phi) is 8.21. The number of benzene rings is 3. The van der Waals surface area contributed by atoms with E-state index in [-0.39, 0.29) is 12.5 Å². The van der Waals surface area contributed by atoms with Crippen LogP contribution in [0.2, 0.25) is 0 Å². The number of carbonyl (C=O) groups is 2. The van der Waals surface area contributed by atoms with Crippen molar-refractivity contribution in [3.8, 4) is 5.75 Å². The molecule has 39 heavy (non-hydrogen) atoms. The van der Waals surface area contributed by atoms with Gasteiger partial charge in [-0.1, -0.05) is 42.5 Å². The van der Waals surface area contributed by atoms with E-state index in [1.165, 1.54) is 24.3 Å². The van der Waals surface area contributed by atoms with Gasteiger partial charge in [0, 0.05) is 29.4 Å². The molecular formula is C30H27F3N2O4. The number of amides is 2.